The van der Waals surface area contributed by atoms with Crippen molar-refractivity contribution < 1.29 is 0 Å². The summed E-state index contributed by atoms with van der Waals surface area (Å²) in [5.41, 5.74) is 1.36. The van der Waals surface area contributed by atoms with E-state index < -0.39 is 0 Å². The zero-order valence-electron chi connectivity index (χ0n) is 6.37. The fraction of sp³-hybridized carbons (Fsp3) is 0. The van der Waals surface area contributed by atoms with E-state index in [-0.39, 0.29) is 0 Å². The molecule has 0 bridgehead atoms. The molecule has 11 heavy (non-hydrogen) atoms. The van der Waals surface area contributed by atoms with E-state index in [0.717, 1.165) is 0 Å². The van der Waals surface area contributed by atoms with Crippen LogP contribution in [-0.2, 0) is 0 Å². The molecule has 1 aliphatic rings. The number of hydrogen-bond acceptors (Lipinski definition) is 2. The number of fused-ring (bicyclic) bond motifs is 1. The zero-order valence-corrected chi connectivity index (χ0v) is 12.1. The van der Waals surface area contributed by atoms with E-state index in [1.54, 1.807) is 11.8 Å². The summed E-state index contributed by atoms with van der Waals surface area (Å²) in [7, 11) is 0. The monoisotopic (exact) mass is 233 g/mol. The summed E-state index contributed by atoms with van der Waals surface area (Å²) in [6, 6.07) is 8.48. The number of anilines is 1. The van der Waals surface area contributed by atoms with E-state index >= 15 is 0 Å². The third-order valence-corrected chi connectivity index (χ3v) is 6.21. The summed E-state index contributed by atoms with van der Waals surface area (Å²) in [6.07, 6.45) is 0. The van der Waals surface area contributed by atoms with Crippen LogP contribution in [0.2, 0.25) is 0 Å². The van der Waals surface area contributed by atoms with Crippen molar-refractivity contribution in [3.8, 4) is 0 Å². The van der Waals surface area contributed by atoms with Crippen molar-refractivity contribution in [1.29, 1.82) is 0 Å². The molecule has 0 saturated heterocycles. The Morgan fingerprint density at radius 1 is 1.36 bits per heavy atom. The Balaban J connectivity index is 2.55. The molecule has 50 valence electrons. The molecular weight excluding hydrogens is 228 g/mol. The van der Waals surface area contributed by atoms with Crippen LogP contribution in [-0.4, -0.2) is 56.0 Å². The summed E-state index contributed by atoms with van der Waals surface area (Å²) in [6.45, 7) is 3.99. The average molecular weight is 234 g/mol. The van der Waals surface area contributed by atoms with E-state index in [2.05, 4.69) is 29.5 Å². The van der Waals surface area contributed by atoms with E-state index in [0.29, 0.717) is 56.0 Å². The van der Waals surface area contributed by atoms with Gasteiger partial charge in [0.2, 0.25) is 0 Å². The first-order valence-electron chi connectivity index (χ1n) is 3.48. The summed E-state index contributed by atoms with van der Waals surface area (Å²) in [5, 5.41) is 1.20. The number of thioether (sulfide) groups is 1. The van der Waals surface area contributed by atoms with Gasteiger partial charge >= 0.3 is 113 Å². The number of para-hydroxylation sites is 1. The van der Waals surface area contributed by atoms with Gasteiger partial charge in [-0.05, 0) is 0 Å². The van der Waals surface area contributed by atoms with E-state index in [1.807, 2.05) is 0 Å². The third-order valence-electron chi connectivity index (χ3n) is 1.83. The van der Waals surface area contributed by atoms with E-state index in [9.17, 15) is 0 Å². The molecule has 0 N–H and O–H groups in total. The Hall–Kier alpha value is 0.915. The number of benzene rings is 1. The van der Waals surface area contributed by atoms with Gasteiger partial charge in [0, 0.05) is 0 Å². The predicted molar refractivity (Wildman–Crippen MR) is 49.7 cm³/mol. The van der Waals surface area contributed by atoms with Gasteiger partial charge in [-0.3, -0.25) is 0 Å². The molecule has 1 aromatic rings. The fourth-order valence-corrected chi connectivity index (χ4v) is 4.13. The van der Waals surface area contributed by atoms with Gasteiger partial charge in [0.15, 0.2) is 0 Å². The predicted octanol–water partition coefficient (Wildman–Crippen LogP) is 2.15. The Labute approximate surface area is 111 Å². The number of hydrogen-bond donors (Lipinski definition) is 0. The standard InChI is InChI=1S/C8H6NS.Rb/c1-6-9-7-4-2-3-5-8(7)10-6;/h2-5H,1H2;/q-1;+1. The summed E-state index contributed by atoms with van der Waals surface area (Å²) >= 11 is 2.29. The second-order valence-electron chi connectivity index (χ2n) is 2.52. The first kappa shape index (κ1) is 8.51. The van der Waals surface area contributed by atoms with Crippen LogP contribution in [0.15, 0.2) is 40.8 Å². The van der Waals surface area contributed by atoms with Gasteiger partial charge < -0.3 is 0 Å². The summed E-state index contributed by atoms with van der Waals surface area (Å²) < 4.78 is 2.32. The number of rotatable bonds is 0. The molecule has 0 fully saturated rings. The van der Waals surface area contributed by atoms with E-state index in [1.165, 1.54) is 15.6 Å². The summed E-state index contributed by atoms with van der Waals surface area (Å²) in [4.78, 5) is 1.36. The number of nitrogens with zero attached hydrogens (tertiary/aromatic N) is 1. The van der Waals surface area contributed by atoms with Gasteiger partial charge in [0.25, 0.3) is 0 Å². The van der Waals surface area contributed by atoms with Crippen molar-refractivity contribution in [1.82, 2.24) is 0 Å². The molecule has 0 atom stereocenters. The molecule has 0 unspecified atom stereocenters. The van der Waals surface area contributed by atoms with Crippen molar-refractivity contribution in [3.63, 3.8) is 0 Å². The first-order chi connectivity index (χ1) is 5.29. The second kappa shape index (κ2) is 3.34. The van der Waals surface area contributed by atoms with Crippen LogP contribution in [0.3, 0.4) is 0 Å². The molecule has 1 aromatic carbocycles. The van der Waals surface area contributed by atoms with Gasteiger partial charge in [0.1, 0.15) is 0 Å². The maximum atomic E-state index is 3.99. The molecule has 2 rings (SSSR count). The van der Waals surface area contributed by atoms with Crippen LogP contribution in [0.25, 0.3) is 0 Å². The zero-order chi connectivity index (χ0) is 7.84. The van der Waals surface area contributed by atoms with Gasteiger partial charge in [-0.25, -0.2) is 0 Å². The van der Waals surface area contributed by atoms with Crippen LogP contribution in [0.1, 0.15) is 0 Å². The molecule has 3 heteroatoms. The Morgan fingerprint density at radius 3 is 2.82 bits per heavy atom. The molecule has 1 heterocycles. The maximum absolute atomic E-state index is 3.99. The van der Waals surface area contributed by atoms with Gasteiger partial charge in [0.05, 0.1) is 0 Å². The van der Waals surface area contributed by atoms with Crippen LogP contribution in [0, 0.1) is 0 Å². The van der Waals surface area contributed by atoms with Crippen molar-refractivity contribution >= 4 is 73.5 Å². The SMILES string of the molecule is C=C1Sc2ccccc2[N]1[Rb]. The van der Waals surface area contributed by atoms with E-state index in [4.69, 9.17) is 0 Å². The quantitative estimate of drug-likeness (QED) is 0.676. The first-order valence-corrected chi connectivity index (χ1v) is 6.50. The van der Waals surface area contributed by atoms with Crippen LogP contribution in [0.4, 0.5) is 5.69 Å². The van der Waals surface area contributed by atoms with Crippen molar-refractivity contribution in [3.05, 3.63) is 35.9 Å². The van der Waals surface area contributed by atoms with Crippen molar-refractivity contribution in [2.45, 2.75) is 4.90 Å². The average Bonchev–Trinajstić information content (AvgIpc) is 2.30. The fourth-order valence-electron chi connectivity index (χ4n) is 1.15. The molecule has 1 aliphatic heterocycles. The molecular formula is C8H6NRbS. The normalized spacial score (nSPS) is 15.5. The Bertz CT molecular complexity index is 311. The summed E-state index contributed by atoms with van der Waals surface area (Å²) in [5.74, 6) is 0. The molecule has 0 aliphatic carbocycles. The minimum absolute atomic E-state index is 0.506. The third kappa shape index (κ3) is 1.52. The van der Waals surface area contributed by atoms with Gasteiger partial charge in [-0.2, -0.15) is 0 Å². The molecule has 0 spiro atoms. The molecule has 0 saturated carbocycles. The Morgan fingerprint density at radius 2 is 2.09 bits per heavy atom. The van der Waals surface area contributed by atoms with Gasteiger partial charge in [-0.1, -0.05) is 0 Å². The van der Waals surface area contributed by atoms with Crippen molar-refractivity contribution in [2.24, 2.45) is 0 Å². The molecule has 0 radical (unpaired) electrons. The second-order valence-corrected chi connectivity index (χ2v) is 5.84. The van der Waals surface area contributed by atoms with Gasteiger partial charge in [-0.15, -0.1) is 0 Å². The van der Waals surface area contributed by atoms with Crippen LogP contribution >= 0.6 is 11.8 Å². The Kier molecular flexibility index (Phi) is 2.59. The van der Waals surface area contributed by atoms with Crippen LogP contribution in [0.5, 0.6) is 0 Å². The van der Waals surface area contributed by atoms with Crippen molar-refractivity contribution in [2.75, 3.05) is -1.36 Å². The topological polar surface area (TPSA) is 3.24 Å². The molecule has 0 amide bonds. The molecule has 0 aromatic heterocycles. The molecule has 1 nitrogen and oxygen atoms in total. The minimum atomic E-state index is 0.506. The van der Waals surface area contributed by atoms with Crippen LogP contribution < -0.4 is -1.36 Å².